The van der Waals surface area contributed by atoms with E-state index in [4.69, 9.17) is 0 Å². The Bertz CT molecular complexity index is 3130. The molecule has 0 fully saturated rings. The first-order chi connectivity index (χ1) is 28.8. The lowest BCUT2D eigenvalue weighted by molar-refractivity contribution is 1.18. The van der Waals surface area contributed by atoms with Crippen LogP contribution in [0, 0.1) is 0 Å². The van der Waals surface area contributed by atoms with Crippen LogP contribution < -0.4 is 15.9 Å². The van der Waals surface area contributed by atoms with E-state index in [0.29, 0.717) is 0 Å². The predicted molar refractivity (Wildman–Crippen MR) is 248 cm³/mol. The van der Waals surface area contributed by atoms with Gasteiger partial charge in [0.2, 0.25) is 0 Å². The van der Waals surface area contributed by atoms with Crippen LogP contribution in [-0.4, -0.2) is 13.7 Å². The quantitative estimate of drug-likeness (QED) is 0.150. The molecule has 58 heavy (non-hydrogen) atoms. The average Bonchev–Trinajstić information content (AvgIpc) is 3.93. The van der Waals surface area contributed by atoms with E-state index in [1.54, 1.807) is 0 Å². The number of para-hydroxylation sites is 6. The lowest BCUT2D eigenvalue weighted by Crippen LogP contribution is -2.20. The first-order valence-corrected chi connectivity index (χ1v) is 21.2. The zero-order chi connectivity index (χ0) is 38.2. The van der Waals surface area contributed by atoms with Gasteiger partial charge in [-0.3, -0.25) is 0 Å². The molecular weight excluding hydrogens is 722 g/mol. The molecule has 0 aliphatic rings. The van der Waals surface area contributed by atoms with Gasteiger partial charge in [-0.2, -0.15) is 0 Å². The van der Waals surface area contributed by atoms with Gasteiger partial charge in [-0.05, 0) is 115 Å². The molecule has 0 saturated heterocycles. The summed E-state index contributed by atoms with van der Waals surface area (Å²) < 4.78 is 7.23. The van der Waals surface area contributed by atoms with Crippen molar-refractivity contribution < 1.29 is 0 Å². The summed E-state index contributed by atoms with van der Waals surface area (Å²) in [6.45, 7) is 0. The summed E-state index contributed by atoms with van der Waals surface area (Å²) in [5.41, 5.74) is 10.8. The summed E-state index contributed by atoms with van der Waals surface area (Å²) in [6, 6.07) is 80.4. The van der Waals surface area contributed by atoms with Crippen LogP contribution >= 0.6 is 7.92 Å². The second-order valence-electron chi connectivity index (χ2n) is 15.0. The number of hydrogen-bond acceptors (Lipinski definition) is 0. The number of fused-ring (bicyclic) bond motifs is 9. The van der Waals surface area contributed by atoms with Gasteiger partial charge in [0, 0.05) is 49.4 Å². The van der Waals surface area contributed by atoms with E-state index in [2.05, 4.69) is 232 Å². The Morgan fingerprint density at radius 2 is 0.483 bits per heavy atom. The molecule has 0 aliphatic heterocycles. The van der Waals surface area contributed by atoms with Gasteiger partial charge in [0.05, 0.1) is 33.1 Å². The molecule has 12 aromatic rings. The van der Waals surface area contributed by atoms with E-state index in [-0.39, 0.29) is 0 Å². The maximum Gasteiger partial charge on any atom is 0.0541 e. The maximum absolute atomic E-state index is 2.48. The molecule has 3 aromatic heterocycles. The molecule has 0 amide bonds. The van der Waals surface area contributed by atoms with Crippen molar-refractivity contribution in [1.82, 2.24) is 13.7 Å². The van der Waals surface area contributed by atoms with Crippen molar-refractivity contribution in [2.75, 3.05) is 0 Å². The summed E-state index contributed by atoms with van der Waals surface area (Å²) in [5.74, 6) is 0. The molecule has 0 atom stereocenters. The van der Waals surface area contributed by atoms with Crippen molar-refractivity contribution in [1.29, 1.82) is 0 Å². The molecule has 0 bridgehead atoms. The molecule has 0 radical (unpaired) electrons. The van der Waals surface area contributed by atoms with Crippen LogP contribution in [-0.2, 0) is 0 Å². The van der Waals surface area contributed by atoms with Crippen LogP contribution in [0.5, 0.6) is 0 Å². The third-order valence-corrected chi connectivity index (χ3v) is 14.2. The Morgan fingerprint density at radius 3 is 0.793 bits per heavy atom. The normalized spacial score (nSPS) is 11.9. The Morgan fingerprint density at radius 1 is 0.224 bits per heavy atom. The molecule has 0 aliphatic carbocycles. The van der Waals surface area contributed by atoms with Crippen LogP contribution in [0.25, 0.3) is 82.5 Å². The molecule has 0 spiro atoms. The van der Waals surface area contributed by atoms with Crippen LogP contribution in [0.15, 0.2) is 218 Å². The van der Waals surface area contributed by atoms with Gasteiger partial charge in [0.1, 0.15) is 0 Å². The minimum Gasteiger partial charge on any atom is -0.309 e. The summed E-state index contributed by atoms with van der Waals surface area (Å²) in [6.07, 6.45) is 0. The molecule has 0 saturated carbocycles. The third kappa shape index (κ3) is 5.04. The second-order valence-corrected chi connectivity index (χ2v) is 17.2. The van der Waals surface area contributed by atoms with Crippen LogP contribution in [0.3, 0.4) is 0 Å². The first kappa shape index (κ1) is 33.0. The van der Waals surface area contributed by atoms with Gasteiger partial charge >= 0.3 is 0 Å². The molecule has 12 rings (SSSR count). The summed E-state index contributed by atoms with van der Waals surface area (Å²) in [7, 11) is -0.995. The van der Waals surface area contributed by atoms with Crippen molar-refractivity contribution in [2.45, 2.75) is 0 Å². The van der Waals surface area contributed by atoms with Crippen LogP contribution in [0.4, 0.5) is 0 Å². The van der Waals surface area contributed by atoms with Crippen LogP contribution in [0.2, 0.25) is 0 Å². The van der Waals surface area contributed by atoms with Gasteiger partial charge in [0.15, 0.2) is 0 Å². The smallest absolute Gasteiger partial charge is 0.0541 e. The van der Waals surface area contributed by atoms with E-state index in [0.717, 1.165) is 0 Å². The molecule has 272 valence electrons. The van der Waals surface area contributed by atoms with E-state index in [1.165, 1.54) is 98.4 Å². The summed E-state index contributed by atoms with van der Waals surface area (Å²) in [4.78, 5) is 0. The fraction of sp³-hybridized carbons (Fsp3) is 0. The third-order valence-electron chi connectivity index (χ3n) is 11.8. The monoisotopic (exact) mass is 757 g/mol. The molecular formula is C54H36N3P. The topological polar surface area (TPSA) is 14.8 Å². The zero-order valence-corrected chi connectivity index (χ0v) is 32.5. The van der Waals surface area contributed by atoms with Gasteiger partial charge in [-0.15, -0.1) is 0 Å². The Balaban J connectivity index is 1.13. The minimum atomic E-state index is -0.995. The van der Waals surface area contributed by atoms with Gasteiger partial charge < -0.3 is 13.7 Å². The largest absolute Gasteiger partial charge is 0.309 e. The standard InChI is InChI=1S/C54H36N3P/c1-4-16-37(17-5-1)55-49-25-13-10-22-43(49)46-34-40(28-31-52(46)55)58(41-29-32-53-47(35-41)44-23-11-14-26-50(44)56(53)38-18-6-2-7-19-38)42-30-33-54-48(36-42)45-24-12-15-27-51(45)57(54)39-20-8-3-9-21-39/h1-36H. The highest BCUT2D eigenvalue weighted by Crippen LogP contribution is 2.41. The van der Waals surface area contributed by atoms with Gasteiger partial charge in [-0.25, -0.2) is 0 Å². The van der Waals surface area contributed by atoms with Crippen molar-refractivity contribution >= 4 is 89.3 Å². The van der Waals surface area contributed by atoms with Crippen molar-refractivity contribution in [3.63, 3.8) is 0 Å². The highest BCUT2D eigenvalue weighted by atomic mass is 31.1. The van der Waals surface area contributed by atoms with E-state index in [1.807, 2.05) is 0 Å². The Hall–Kier alpha value is -7.19. The first-order valence-electron chi connectivity index (χ1n) is 19.9. The van der Waals surface area contributed by atoms with Gasteiger partial charge in [-0.1, -0.05) is 127 Å². The molecule has 4 heteroatoms. The number of nitrogens with zero attached hydrogens (tertiary/aromatic N) is 3. The summed E-state index contributed by atoms with van der Waals surface area (Å²) >= 11 is 0. The Kier molecular flexibility index (Phi) is 7.51. The lowest BCUT2D eigenvalue weighted by atomic mass is 10.1. The highest BCUT2D eigenvalue weighted by Gasteiger charge is 2.23. The second kappa shape index (κ2) is 13.2. The van der Waals surface area contributed by atoms with Crippen molar-refractivity contribution in [3.8, 4) is 17.1 Å². The van der Waals surface area contributed by atoms with Crippen molar-refractivity contribution in [2.24, 2.45) is 0 Å². The number of rotatable bonds is 6. The maximum atomic E-state index is 2.48. The molecule has 0 N–H and O–H groups in total. The van der Waals surface area contributed by atoms with E-state index in [9.17, 15) is 0 Å². The molecule has 9 aromatic carbocycles. The molecule has 0 unspecified atom stereocenters. The fourth-order valence-electron chi connectivity index (χ4n) is 9.31. The summed E-state index contributed by atoms with van der Waals surface area (Å²) in [5, 5.41) is 11.6. The zero-order valence-electron chi connectivity index (χ0n) is 31.6. The van der Waals surface area contributed by atoms with Crippen molar-refractivity contribution in [3.05, 3.63) is 218 Å². The number of aromatic nitrogens is 3. The Labute approximate surface area is 337 Å². The van der Waals surface area contributed by atoms with Crippen LogP contribution in [0.1, 0.15) is 0 Å². The van der Waals surface area contributed by atoms with Gasteiger partial charge in [0.25, 0.3) is 0 Å². The lowest BCUT2D eigenvalue weighted by Gasteiger charge is -2.21. The fourth-order valence-corrected chi connectivity index (χ4v) is 11.7. The highest BCUT2D eigenvalue weighted by molar-refractivity contribution is 7.79. The van der Waals surface area contributed by atoms with E-state index < -0.39 is 7.92 Å². The molecule has 3 nitrogen and oxygen atoms in total. The number of hydrogen-bond donors (Lipinski definition) is 0. The predicted octanol–water partition coefficient (Wildman–Crippen LogP) is 12.7. The van der Waals surface area contributed by atoms with E-state index >= 15 is 0 Å². The minimum absolute atomic E-state index is 0.995. The number of benzene rings is 9. The average molecular weight is 758 g/mol. The molecule has 3 heterocycles. The SMILES string of the molecule is c1ccc(-n2c3ccccc3c3cc(P(c4ccc5c(c4)c4ccccc4n5-c4ccccc4)c4ccc5c(c4)c4ccccc4n5-c4ccccc4)ccc32)cc1.